The molecule has 0 bridgehead atoms. The van der Waals surface area contributed by atoms with E-state index in [1.165, 1.54) is 11.8 Å². The Morgan fingerprint density at radius 2 is 2.04 bits per heavy atom. The fourth-order valence-electron chi connectivity index (χ4n) is 2.55. The Hall–Kier alpha value is -2.51. The zero-order chi connectivity index (χ0) is 19.4. The van der Waals surface area contributed by atoms with Crippen LogP contribution in [0.4, 0.5) is 5.69 Å². The van der Waals surface area contributed by atoms with E-state index in [1.807, 2.05) is 48.9 Å². The Kier molecular flexibility index (Phi) is 6.03. The molecule has 0 aliphatic rings. The van der Waals surface area contributed by atoms with Gasteiger partial charge in [-0.1, -0.05) is 41.6 Å². The van der Waals surface area contributed by atoms with Crippen LogP contribution in [0.1, 0.15) is 5.56 Å². The van der Waals surface area contributed by atoms with Crippen LogP contribution in [0, 0.1) is 6.92 Å². The van der Waals surface area contributed by atoms with Crippen LogP contribution in [-0.2, 0) is 11.8 Å². The Morgan fingerprint density at radius 3 is 2.81 bits per heavy atom. The van der Waals surface area contributed by atoms with Crippen molar-refractivity contribution in [2.45, 2.75) is 12.1 Å². The van der Waals surface area contributed by atoms with Gasteiger partial charge in [-0.15, -0.1) is 10.2 Å². The third kappa shape index (κ3) is 4.43. The highest BCUT2D eigenvalue weighted by molar-refractivity contribution is 7.99. The van der Waals surface area contributed by atoms with Gasteiger partial charge in [-0.05, 0) is 36.8 Å². The molecule has 0 unspecified atom stereocenters. The lowest BCUT2D eigenvalue weighted by Gasteiger charge is -2.09. The van der Waals surface area contributed by atoms with Crippen molar-refractivity contribution in [2.75, 3.05) is 18.2 Å². The van der Waals surface area contributed by atoms with E-state index in [2.05, 4.69) is 15.5 Å². The van der Waals surface area contributed by atoms with Crippen molar-refractivity contribution in [3.05, 3.63) is 53.1 Å². The summed E-state index contributed by atoms with van der Waals surface area (Å²) in [6, 6.07) is 13.0. The first-order valence-corrected chi connectivity index (χ1v) is 9.57. The molecule has 0 saturated heterocycles. The second-order valence-corrected chi connectivity index (χ2v) is 7.24. The van der Waals surface area contributed by atoms with Crippen molar-refractivity contribution in [1.29, 1.82) is 0 Å². The molecule has 0 atom stereocenters. The number of thioether (sulfide) groups is 1. The highest BCUT2D eigenvalue weighted by atomic mass is 35.5. The molecule has 8 heteroatoms. The number of aryl methyl sites for hydroxylation is 1. The average Bonchev–Trinajstić information content (AvgIpc) is 3.03. The number of ether oxygens (including phenoxy) is 1. The van der Waals surface area contributed by atoms with Crippen LogP contribution < -0.4 is 10.1 Å². The van der Waals surface area contributed by atoms with Crippen molar-refractivity contribution in [1.82, 2.24) is 14.8 Å². The van der Waals surface area contributed by atoms with Gasteiger partial charge in [-0.25, -0.2) is 0 Å². The summed E-state index contributed by atoms with van der Waals surface area (Å²) in [5.41, 5.74) is 2.51. The molecule has 0 spiro atoms. The van der Waals surface area contributed by atoms with Crippen molar-refractivity contribution in [3.63, 3.8) is 0 Å². The number of halogens is 1. The number of methoxy groups -OCH3 is 1. The largest absolute Gasteiger partial charge is 0.496 e. The molecule has 1 heterocycles. The average molecular weight is 403 g/mol. The fraction of sp³-hybridized carbons (Fsp3) is 0.211. The molecule has 140 valence electrons. The number of rotatable bonds is 6. The molecule has 0 aliphatic heterocycles. The number of nitrogens with one attached hydrogen (secondary N) is 1. The van der Waals surface area contributed by atoms with Gasteiger partial charge < -0.3 is 14.6 Å². The van der Waals surface area contributed by atoms with Crippen LogP contribution >= 0.6 is 23.4 Å². The lowest BCUT2D eigenvalue weighted by atomic mass is 10.2. The molecule has 0 fully saturated rings. The van der Waals surface area contributed by atoms with E-state index in [0.29, 0.717) is 21.7 Å². The third-order valence-corrected chi connectivity index (χ3v) is 5.24. The number of benzene rings is 2. The number of anilines is 1. The van der Waals surface area contributed by atoms with Crippen LogP contribution in [0.3, 0.4) is 0 Å². The number of carbonyl (C=O) groups excluding carboxylic acids is 1. The van der Waals surface area contributed by atoms with Gasteiger partial charge >= 0.3 is 0 Å². The summed E-state index contributed by atoms with van der Waals surface area (Å²) >= 11 is 7.31. The maximum atomic E-state index is 12.3. The van der Waals surface area contributed by atoms with Crippen LogP contribution in [0.25, 0.3) is 11.4 Å². The lowest BCUT2D eigenvalue weighted by molar-refractivity contribution is -0.113. The zero-order valence-corrected chi connectivity index (χ0v) is 16.8. The van der Waals surface area contributed by atoms with Crippen molar-refractivity contribution < 1.29 is 9.53 Å². The molecule has 1 aromatic heterocycles. The highest BCUT2D eigenvalue weighted by Crippen LogP contribution is 2.30. The van der Waals surface area contributed by atoms with E-state index in [-0.39, 0.29) is 11.7 Å². The molecule has 2 aromatic carbocycles. The van der Waals surface area contributed by atoms with E-state index < -0.39 is 0 Å². The highest BCUT2D eigenvalue weighted by Gasteiger charge is 2.16. The quantitative estimate of drug-likeness (QED) is 0.626. The van der Waals surface area contributed by atoms with E-state index in [0.717, 1.165) is 16.9 Å². The van der Waals surface area contributed by atoms with E-state index >= 15 is 0 Å². The standard InChI is InChI=1S/C19H19ClN4O2S/c1-12-8-9-13(20)10-15(12)21-17(25)11-27-19-23-22-18(24(19)2)14-6-4-5-7-16(14)26-3/h4-10H,11H2,1-3H3,(H,21,25). The number of aromatic nitrogens is 3. The minimum Gasteiger partial charge on any atom is -0.496 e. The number of hydrogen-bond acceptors (Lipinski definition) is 5. The van der Waals surface area contributed by atoms with Gasteiger partial charge in [-0.3, -0.25) is 4.79 Å². The minimum atomic E-state index is -0.132. The van der Waals surface area contributed by atoms with Crippen LogP contribution in [0.2, 0.25) is 5.02 Å². The summed E-state index contributed by atoms with van der Waals surface area (Å²) in [4.78, 5) is 12.3. The van der Waals surface area contributed by atoms with Crippen molar-refractivity contribution >= 4 is 35.0 Å². The molecular weight excluding hydrogens is 384 g/mol. The SMILES string of the molecule is COc1ccccc1-c1nnc(SCC(=O)Nc2cc(Cl)ccc2C)n1C. The van der Waals surface area contributed by atoms with Gasteiger partial charge in [0.25, 0.3) is 0 Å². The Bertz CT molecular complexity index is 974. The summed E-state index contributed by atoms with van der Waals surface area (Å²) in [5, 5.41) is 12.5. The first-order chi connectivity index (χ1) is 13.0. The second-order valence-electron chi connectivity index (χ2n) is 5.86. The molecule has 3 rings (SSSR count). The number of carbonyl (C=O) groups is 1. The summed E-state index contributed by atoms with van der Waals surface area (Å²) < 4.78 is 7.23. The predicted octanol–water partition coefficient (Wildman–Crippen LogP) is 4.18. The van der Waals surface area contributed by atoms with Crippen LogP contribution in [0.15, 0.2) is 47.6 Å². The van der Waals surface area contributed by atoms with E-state index in [1.54, 1.807) is 19.2 Å². The first-order valence-electron chi connectivity index (χ1n) is 8.21. The Labute approximate surface area is 166 Å². The Morgan fingerprint density at radius 1 is 1.26 bits per heavy atom. The van der Waals surface area contributed by atoms with Gasteiger partial charge in [0.1, 0.15) is 5.75 Å². The number of nitrogens with zero attached hydrogens (tertiary/aromatic N) is 3. The minimum absolute atomic E-state index is 0.132. The maximum absolute atomic E-state index is 12.3. The number of hydrogen-bond donors (Lipinski definition) is 1. The normalized spacial score (nSPS) is 10.7. The molecule has 0 saturated carbocycles. The molecule has 0 aliphatic carbocycles. The summed E-state index contributed by atoms with van der Waals surface area (Å²) in [7, 11) is 3.48. The Balaban J connectivity index is 1.69. The van der Waals surface area contributed by atoms with Gasteiger partial charge in [-0.2, -0.15) is 0 Å². The predicted molar refractivity (Wildman–Crippen MR) is 109 cm³/mol. The molecule has 1 amide bonds. The summed E-state index contributed by atoms with van der Waals surface area (Å²) in [6.45, 7) is 1.92. The number of para-hydroxylation sites is 1. The molecule has 6 nitrogen and oxygen atoms in total. The van der Waals surface area contributed by atoms with Gasteiger partial charge in [0.05, 0.1) is 18.4 Å². The number of amides is 1. The van der Waals surface area contributed by atoms with Crippen molar-refractivity contribution in [3.8, 4) is 17.1 Å². The molecular formula is C19H19ClN4O2S. The van der Waals surface area contributed by atoms with Crippen LogP contribution in [0.5, 0.6) is 5.75 Å². The lowest BCUT2D eigenvalue weighted by Crippen LogP contribution is -2.15. The first kappa shape index (κ1) is 19.3. The second kappa shape index (κ2) is 8.45. The van der Waals surface area contributed by atoms with E-state index in [4.69, 9.17) is 16.3 Å². The fourth-order valence-corrected chi connectivity index (χ4v) is 3.43. The maximum Gasteiger partial charge on any atom is 0.234 e. The molecule has 0 radical (unpaired) electrons. The molecule has 1 N–H and O–H groups in total. The molecule has 3 aromatic rings. The van der Waals surface area contributed by atoms with E-state index in [9.17, 15) is 4.79 Å². The summed E-state index contributed by atoms with van der Waals surface area (Å²) in [6.07, 6.45) is 0. The van der Waals surface area contributed by atoms with Gasteiger partial charge in [0, 0.05) is 17.8 Å². The zero-order valence-electron chi connectivity index (χ0n) is 15.2. The third-order valence-electron chi connectivity index (χ3n) is 3.99. The van der Waals surface area contributed by atoms with Gasteiger partial charge in [0.15, 0.2) is 11.0 Å². The van der Waals surface area contributed by atoms with Gasteiger partial charge in [0.2, 0.25) is 5.91 Å². The topological polar surface area (TPSA) is 69.0 Å². The smallest absolute Gasteiger partial charge is 0.234 e. The monoisotopic (exact) mass is 402 g/mol. The van der Waals surface area contributed by atoms with Crippen molar-refractivity contribution in [2.24, 2.45) is 7.05 Å². The van der Waals surface area contributed by atoms with Crippen LogP contribution in [-0.4, -0.2) is 33.5 Å². The molecule has 27 heavy (non-hydrogen) atoms. The summed E-state index contributed by atoms with van der Waals surface area (Å²) in [5.74, 6) is 1.48.